The van der Waals surface area contributed by atoms with Crippen molar-refractivity contribution in [2.75, 3.05) is 20.2 Å². The van der Waals surface area contributed by atoms with Gasteiger partial charge in [-0.3, -0.25) is 4.79 Å². The van der Waals surface area contributed by atoms with E-state index in [9.17, 15) is 4.79 Å². The molecule has 1 aromatic rings. The first-order valence-corrected chi connectivity index (χ1v) is 3.93. The molecule has 72 valence electrons. The molecule has 0 aromatic carbocycles. The highest BCUT2D eigenvalue weighted by Gasteiger charge is 2.17. The Bertz CT molecular complexity index is 295. The van der Waals surface area contributed by atoms with Crippen LogP contribution in [0, 0.1) is 6.92 Å². The first-order valence-electron chi connectivity index (χ1n) is 3.93. The highest BCUT2D eigenvalue weighted by Crippen LogP contribution is 2.07. The third-order valence-electron chi connectivity index (χ3n) is 1.72. The van der Waals surface area contributed by atoms with Crippen molar-refractivity contribution in [2.24, 2.45) is 0 Å². The number of oxazole rings is 1. The number of aryl methyl sites for hydroxylation is 1. The van der Waals surface area contributed by atoms with Crippen LogP contribution in [0.3, 0.4) is 0 Å². The Hall–Kier alpha value is -1.36. The van der Waals surface area contributed by atoms with Crippen molar-refractivity contribution in [3.05, 3.63) is 17.8 Å². The third kappa shape index (κ3) is 2.06. The van der Waals surface area contributed by atoms with Crippen LogP contribution in [0.5, 0.6) is 0 Å². The SMILES string of the molecule is Cc1ncoc1C(=O)N(C)CCO. The molecule has 0 aliphatic heterocycles. The molecule has 1 rings (SSSR count). The van der Waals surface area contributed by atoms with Gasteiger partial charge in [-0.15, -0.1) is 0 Å². The normalized spacial score (nSPS) is 10.1. The molecule has 0 radical (unpaired) electrons. The lowest BCUT2D eigenvalue weighted by Crippen LogP contribution is -2.29. The number of aromatic nitrogens is 1. The average molecular weight is 184 g/mol. The predicted molar refractivity (Wildman–Crippen MR) is 45.3 cm³/mol. The van der Waals surface area contributed by atoms with Crippen LogP contribution >= 0.6 is 0 Å². The van der Waals surface area contributed by atoms with E-state index in [4.69, 9.17) is 9.52 Å². The van der Waals surface area contributed by atoms with Gasteiger partial charge >= 0.3 is 0 Å². The second-order valence-corrected chi connectivity index (χ2v) is 2.72. The molecule has 0 aliphatic carbocycles. The van der Waals surface area contributed by atoms with Crippen molar-refractivity contribution in [1.82, 2.24) is 9.88 Å². The molecule has 0 bridgehead atoms. The molecule has 13 heavy (non-hydrogen) atoms. The number of likely N-dealkylation sites (N-methyl/N-ethyl adjacent to an activating group) is 1. The zero-order valence-corrected chi connectivity index (χ0v) is 7.65. The van der Waals surface area contributed by atoms with Crippen LogP contribution in [-0.2, 0) is 0 Å². The zero-order chi connectivity index (χ0) is 9.84. The second-order valence-electron chi connectivity index (χ2n) is 2.72. The topological polar surface area (TPSA) is 66.6 Å². The summed E-state index contributed by atoms with van der Waals surface area (Å²) < 4.78 is 4.91. The van der Waals surface area contributed by atoms with E-state index >= 15 is 0 Å². The fourth-order valence-electron chi connectivity index (χ4n) is 0.932. The van der Waals surface area contributed by atoms with Crippen molar-refractivity contribution in [3.63, 3.8) is 0 Å². The zero-order valence-electron chi connectivity index (χ0n) is 7.65. The van der Waals surface area contributed by atoms with Crippen molar-refractivity contribution in [2.45, 2.75) is 6.92 Å². The predicted octanol–water partition coefficient (Wildman–Crippen LogP) is 0.0473. The van der Waals surface area contributed by atoms with E-state index in [-0.39, 0.29) is 18.3 Å². The maximum absolute atomic E-state index is 11.5. The van der Waals surface area contributed by atoms with Crippen LogP contribution < -0.4 is 0 Å². The van der Waals surface area contributed by atoms with Crippen LogP contribution in [0.2, 0.25) is 0 Å². The van der Waals surface area contributed by atoms with E-state index in [2.05, 4.69) is 4.98 Å². The van der Waals surface area contributed by atoms with Crippen LogP contribution in [0.4, 0.5) is 0 Å². The standard InChI is InChI=1S/C8H12N2O3/c1-6-7(13-5-9-6)8(12)10(2)3-4-11/h5,11H,3-4H2,1-2H3. The first kappa shape index (κ1) is 9.73. The molecule has 1 amide bonds. The molecule has 1 aromatic heterocycles. The van der Waals surface area contributed by atoms with E-state index in [1.165, 1.54) is 11.3 Å². The molecule has 0 saturated heterocycles. The monoisotopic (exact) mass is 184 g/mol. The molecule has 0 saturated carbocycles. The molecule has 0 fully saturated rings. The van der Waals surface area contributed by atoms with Gasteiger partial charge in [0, 0.05) is 13.6 Å². The quantitative estimate of drug-likeness (QED) is 0.720. The molecule has 0 atom stereocenters. The lowest BCUT2D eigenvalue weighted by Gasteiger charge is -2.13. The Morgan fingerprint density at radius 1 is 1.77 bits per heavy atom. The fraction of sp³-hybridized carbons (Fsp3) is 0.500. The summed E-state index contributed by atoms with van der Waals surface area (Å²) in [5, 5.41) is 8.61. The number of hydrogen-bond donors (Lipinski definition) is 1. The Balaban J connectivity index is 2.73. The summed E-state index contributed by atoms with van der Waals surface area (Å²) in [6, 6.07) is 0. The molecule has 5 heteroatoms. The summed E-state index contributed by atoms with van der Waals surface area (Å²) in [5.74, 6) is -0.0278. The highest BCUT2D eigenvalue weighted by atomic mass is 16.3. The van der Waals surface area contributed by atoms with Crippen LogP contribution in [-0.4, -0.2) is 41.1 Å². The van der Waals surface area contributed by atoms with Crippen molar-refractivity contribution >= 4 is 5.91 Å². The molecular formula is C8H12N2O3. The van der Waals surface area contributed by atoms with Gasteiger partial charge in [-0.1, -0.05) is 0 Å². The molecule has 5 nitrogen and oxygen atoms in total. The van der Waals surface area contributed by atoms with Gasteiger partial charge in [0.15, 0.2) is 6.39 Å². The van der Waals surface area contributed by atoms with Gasteiger partial charge in [0.2, 0.25) is 5.76 Å². The van der Waals surface area contributed by atoms with E-state index in [1.54, 1.807) is 14.0 Å². The first-order chi connectivity index (χ1) is 6.16. The van der Waals surface area contributed by atoms with Gasteiger partial charge in [-0.25, -0.2) is 4.98 Å². The third-order valence-corrected chi connectivity index (χ3v) is 1.72. The van der Waals surface area contributed by atoms with Gasteiger partial charge in [0.1, 0.15) is 0 Å². The van der Waals surface area contributed by atoms with E-state index in [1.807, 2.05) is 0 Å². The average Bonchev–Trinajstić information content (AvgIpc) is 2.50. The minimum atomic E-state index is -0.260. The van der Waals surface area contributed by atoms with Crippen LogP contribution in [0.25, 0.3) is 0 Å². The van der Waals surface area contributed by atoms with Crippen molar-refractivity contribution in [1.29, 1.82) is 0 Å². The summed E-state index contributed by atoms with van der Waals surface area (Å²) in [6.45, 7) is 1.93. The maximum Gasteiger partial charge on any atom is 0.291 e. The van der Waals surface area contributed by atoms with Gasteiger partial charge in [0.05, 0.1) is 12.3 Å². The van der Waals surface area contributed by atoms with Gasteiger partial charge in [0.25, 0.3) is 5.91 Å². The van der Waals surface area contributed by atoms with Crippen LogP contribution in [0.1, 0.15) is 16.2 Å². The van der Waals surface area contributed by atoms with Crippen molar-refractivity contribution in [3.8, 4) is 0 Å². The Kier molecular flexibility index (Phi) is 3.02. The number of amides is 1. The molecule has 0 unspecified atom stereocenters. The van der Waals surface area contributed by atoms with E-state index < -0.39 is 0 Å². The van der Waals surface area contributed by atoms with Gasteiger partial charge in [-0.2, -0.15) is 0 Å². The molecule has 0 aliphatic rings. The smallest absolute Gasteiger partial charge is 0.291 e. The van der Waals surface area contributed by atoms with E-state index in [0.29, 0.717) is 12.2 Å². The highest BCUT2D eigenvalue weighted by molar-refractivity contribution is 5.92. The van der Waals surface area contributed by atoms with Gasteiger partial charge in [-0.05, 0) is 6.92 Å². The minimum Gasteiger partial charge on any atom is -0.438 e. The summed E-state index contributed by atoms with van der Waals surface area (Å²) in [5.41, 5.74) is 0.565. The molecular weight excluding hydrogens is 172 g/mol. The van der Waals surface area contributed by atoms with E-state index in [0.717, 1.165) is 0 Å². The summed E-state index contributed by atoms with van der Waals surface area (Å²) in [7, 11) is 1.60. The number of rotatable bonds is 3. The molecule has 1 heterocycles. The lowest BCUT2D eigenvalue weighted by molar-refractivity contribution is 0.0734. The number of carbonyl (C=O) groups is 1. The number of aliphatic hydroxyl groups is 1. The molecule has 1 N–H and O–H groups in total. The van der Waals surface area contributed by atoms with Crippen LogP contribution in [0.15, 0.2) is 10.8 Å². The Morgan fingerprint density at radius 3 is 2.92 bits per heavy atom. The number of aliphatic hydroxyl groups excluding tert-OH is 1. The summed E-state index contributed by atoms with van der Waals surface area (Å²) in [6.07, 6.45) is 1.23. The van der Waals surface area contributed by atoms with Gasteiger partial charge < -0.3 is 14.4 Å². The number of carbonyl (C=O) groups excluding carboxylic acids is 1. The molecule has 0 spiro atoms. The fourth-order valence-corrected chi connectivity index (χ4v) is 0.932. The minimum absolute atomic E-state index is 0.0601. The number of nitrogens with zero attached hydrogens (tertiary/aromatic N) is 2. The number of hydrogen-bond acceptors (Lipinski definition) is 4. The van der Waals surface area contributed by atoms with Crippen molar-refractivity contribution < 1.29 is 14.3 Å². The second kappa shape index (κ2) is 4.04. The maximum atomic E-state index is 11.5. The summed E-state index contributed by atoms with van der Waals surface area (Å²) >= 11 is 0. The largest absolute Gasteiger partial charge is 0.438 e. The lowest BCUT2D eigenvalue weighted by atomic mass is 10.3. The Labute approximate surface area is 76.0 Å². The summed E-state index contributed by atoms with van der Waals surface area (Å²) in [4.78, 5) is 16.7. The Morgan fingerprint density at radius 2 is 2.46 bits per heavy atom.